The second-order valence-corrected chi connectivity index (χ2v) is 10.6. The molecule has 1 aliphatic heterocycles. The lowest BCUT2D eigenvalue weighted by Crippen LogP contribution is -2.44. The monoisotopic (exact) mass is 548 g/mol. The van der Waals surface area contributed by atoms with Crippen molar-refractivity contribution in [3.05, 3.63) is 64.8 Å². The van der Waals surface area contributed by atoms with Gasteiger partial charge in [0.1, 0.15) is 17.4 Å². The van der Waals surface area contributed by atoms with Gasteiger partial charge in [-0.05, 0) is 55.6 Å². The number of aliphatic carboxylic acids is 1. The number of likely N-dealkylation sites (tertiary alicyclic amines) is 1. The van der Waals surface area contributed by atoms with E-state index in [1.165, 1.54) is 30.1 Å². The van der Waals surface area contributed by atoms with Crippen LogP contribution in [0.5, 0.6) is 5.75 Å². The number of carboxylic acids is 1. The Labute approximate surface area is 223 Å². The minimum atomic E-state index is -0.890. The average Bonchev–Trinajstić information content (AvgIpc) is 2.86. The van der Waals surface area contributed by atoms with Crippen molar-refractivity contribution in [2.45, 2.75) is 24.2 Å². The number of piperidine rings is 1. The van der Waals surface area contributed by atoms with Crippen LogP contribution in [0.3, 0.4) is 0 Å². The maximum atomic E-state index is 13.4. The fourth-order valence-electron chi connectivity index (χ4n) is 4.80. The quantitative estimate of drug-likeness (QED) is 0.247. The lowest BCUT2D eigenvalue weighted by Gasteiger charge is -2.36. The fraction of sp³-hybridized carbons (Fsp3) is 0.370. The van der Waals surface area contributed by atoms with E-state index in [1.54, 1.807) is 25.3 Å². The zero-order valence-corrected chi connectivity index (χ0v) is 21.8. The van der Waals surface area contributed by atoms with Crippen molar-refractivity contribution in [2.24, 2.45) is 11.8 Å². The van der Waals surface area contributed by atoms with Crippen LogP contribution < -0.4 is 4.74 Å². The van der Waals surface area contributed by atoms with Crippen molar-refractivity contribution in [3.63, 3.8) is 0 Å². The molecule has 0 amide bonds. The summed E-state index contributed by atoms with van der Waals surface area (Å²) in [7, 11) is 1.54. The van der Waals surface area contributed by atoms with Crippen molar-refractivity contribution in [1.82, 2.24) is 9.88 Å². The molecule has 37 heavy (non-hydrogen) atoms. The Kier molecular flexibility index (Phi) is 9.00. The number of carboxylic acid groups (broad SMARTS) is 1. The first-order valence-corrected chi connectivity index (χ1v) is 13.3. The van der Waals surface area contributed by atoms with E-state index in [2.05, 4.69) is 9.88 Å². The molecule has 0 saturated carbocycles. The van der Waals surface area contributed by atoms with E-state index >= 15 is 0 Å². The Morgan fingerprint density at radius 3 is 2.68 bits per heavy atom. The molecule has 196 valence electrons. The molecule has 2 aromatic carbocycles. The van der Waals surface area contributed by atoms with Gasteiger partial charge in [0, 0.05) is 53.4 Å². The van der Waals surface area contributed by atoms with Crippen LogP contribution in [0, 0.1) is 23.5 Å². The van der Waals surface area contributed by atoms with E-state index < -0.39 is 23.5 Å². The Morgan fingerprint density at radius 2 is 1.97 bits per heavy atom. The summed E-state index contributed by atoms with van der Waals surface area (Å²) in [4.78, 5) is 32.1. The number of pyridine rings is 1. The number of rotatable bonds is 10. The summed E-state index contributed by atoms with van der Waals surface area (Å²) in [6.45, 7) is 1.65. The Balaban J connectivity index is 1.36. The molecule has 0 aliphatic carbocycles. The van der Waals surface area contributed by atoms with Crippen molar-refractivity contribution >= 4 is 46.0 Å². The molecular weight excluding hydrogens is 522 g/mol. The van der Waals surface area contributed by atoms with Crippen LogP contribution in [0.25, 0.3) is 10.9 Å². The van der Waals surface area contributed by atoms with Crippen LogP contribution in [0.15, 0.2) is 47.5 Å². The molecule has 0 bridgehead atoms. The van der Waals surface area contributed by atoms with E-state index in [4.69, 9.17) is 16.3 Å². The highest BCUT2D eigenvalue weighted by Gasteiger charge is 2.34. The fourth-order valence-corrected chi connectivity index (χ4v) is 6.03. The normalized spacial score (nSPS) is 18.2. The van der Waals surface area contributed by atoms with Crippen LogP contribution in [0.1, 0.15) is 29.6 Å². The number of benzene rings is 2. The zero-order chi connectivity index (χ0) is 26.5. The average molecular weight is 549 g/mol. The van der Waals surface area contributed by atoms with E-state index in [-0.39, 0.29) is 23.1 Å². The Bertz CT molecular complexity index is 1290. The molecule has 0 spiro atoms. The molecule has 4 rings (SSSR count). The summed E-state index contributed by atoms with van der Waals surface area (Å²) < 4.78 is 32.1. The van der Waals surface area contributed by atoms with Gasteiger partial charge >= 0.3 is 5.97 Å². The second-order valence-electron chi connectivity index (χ2n) is 9.07. The lowest BCUT2D eigenvalue weighted by atomic mass is 9.81. The maximum absolute atomic E-state index is 13.4. The zero-order valence-electron chi connectivity index (χ0n) is 20.3. The standard InChI is InChI=1S/C27H27ClF2N2O4S/c1-36-19-3-4-24-21(13-19)26(23(28)14-31-24)25(33)5-2-16-6-7-32(15-22(16)27(34)35)8-9-37-20-11-17(29)10-18(30)12-20/h3-4,10-14,16,22H,2,5-9,15H2,1H3,(H,34,35)/t16-,22+/m0/s1. The first kappa shape index (κ1) is 27.3. The van der Waals surface area contributed by atoms with Gasteiger partial charge in [-0.15, -0.1) is 11.8 Å². The second kappa shape index (κ2) is 12.2. The number of methoxy groups -OCH3 is 1. The van der Waals surface area contributed by atoms with Gasteiger partial charge in [0.05, 0.1) is 23.6 Å². The number of carbonyl (C=O) groups excluding carboxylic acids is 1. The number of ketones is 1. The van der Waals surface area contributed by atoms with E-state index in [9.17, 15) is 23.5 Å². The number of halogens is 3. The highest BCUT2D eigenvalue weighted by atomic mass is 35.5. The van der Waals surface area contributed by atoms with Gasteiger partial charge in [0.25, 0.3) is 0 Å². The number of aromatic nitrogens is 1. The van der Waals surface area contributed by atoms with Crippen molar-refractivity contribution in [2.75, 3.05) is 32.5 Å². The number of hydrogen-bond acceptors (Lipinski definition) is 6. The molecule has 1 fully saturated rings. The van der Waals surface area contributed by atoms with Gasteiger partial charge in [-0.25, -0.2) is 8.78 Å². The molecule has 6 nitrogen and oxygen atoms in total. The van der Waals surface area contributed by atoms with Gasteiger partial charge < -0.3 is 14.7 Å². The van der Waals surface area contributed by atoms with Gasteiger partial charge in [-0.3, -0.25) is 14.6 Å². The van der Waals surface area contributed by atoms with Crippen molar-refractivity contribution in [1.29, 1.82) is 0 Å². The number of carbonyl (C=O) groups is 2. The number of hydrogen-bond donors (Lipinski definition) is 1. The maximum Gasteiger partial charge on any atom is 0.308 e. The van der Waals surface area contributed by atoms with E-state index in [0.717, 1.165) is 6.07 Å². The third-order valence-electron chi connectivity index (χ3n) is 6.72. The highest BCUT2D eigenvalue weighted by Crippen LogP contribution is 2.32. The van der Waals surface area contributed by atoms with Gasteiger partial charge in [-0.2, -0.15) is 0 Å². The molecule has 1 saturated heterocycles. The van der Waals surface area contributed by atoms with Crippen molar-refractivity contribution < 1.29 is 28.2 Å². The van der Waals surface area contributed by atoms with E-state index in [0.29, 0.717) is 65.3 Å². The molecular formula is C27H27ClF2N2O4S. The summed E-state index contributed by atoms with van der Waals surface area (Å²) in [5.74, 6) is -1.88. The lowest BCUT2D eigenvalue weighted by molar-refractivity contribution is -0.146. The summed E-state index contributed by atoms with van der Waals surface area (Å²) in [6, 6.07) is 8.66. The number of nitrogens with zero attached hydrogens (tertiary/aromatic N) is 2. The van der Waals surface area contributed by atoms with Crippen LogP contribution in [-0.4, -0.2) is 59.2 Å². The first-order valence-electron chi connectivity index (χ1n) is 11.9. The molecule has 1 aromatic heterocycles. The minimum absolute atomic E-state index is 0.149. The summed E-state index contributed by atoms with van der Waals surface area (Å²) in [5, 5.41) is 10.7. The molecule has 0 unspecified atom stereocenters. The Morgan fingerprint density at radius 1 is 1.22 bits per heavy atom. The third-order valence-corrected chi connectivity index (χ3v) is 7.96. The van der Waals surface area contributed by atoms with Crippen LogP contribution in [0.4, 0.5) is 8.78 Å². The molecule has 10 heteroatoms. The predicted octanol–water partition coefficient (Wildman–Crippen LogP) is 5.95. The molecule has 3 aromatic rings. The van der Waals surface area contributed by atoms with Gasteiger partial charge in [-0.1, -0.05) is 11.6 Å². The van der Waals surface area contributed by atoms with Gasteiger partial charge in [0.15, 0.2) is 5.78 Å². The molecule has 1 aliphatic rings. The number of thioether (sulfide) groups is 1. The number of Topliss-reactive ketones (excluding diaryl/α,β-unsaturated/α-hetero) is 1. The first-order chi connectivity index (χ1) is 17.7. The summed E-state index contributed by atoms with van der Waals surface area (Å²) >= 11 is 7.68. The molecule has 0 radical (unpaired) electrons. The molecule has 1 N–H and O–H groups in total. The molecule has 2 atom stereocenters. The Hall–Kier alpha value is -2.75. The van der Waals surface area contributed by atoms with E-state index in [1.807, 2.05) is 0 Å². The SMILES string of the molecule is COc1ccc2ncc(Cl)c(C(=O)CC[C@H]3CCN(CCSc4cc(F)cc(F)c4)C[C@H]3C(=O)O)c2c1. The van der Waals surface area contributed by atoms with Crippen LogP contribution >= 0.6 is 23.4 Å². The van der Waals surface area contributed by atoms with Crippen LogP contribution in [-0.2, 0) is 4.79 Å². The largest absolute Gasteiger partial charge is 0.497 e. The molecule has 2 heterocycles. The van der Waals surface area contributed by atoms with Crippen molar-refractivity contribution in [3.8, 4) is 5.75 Å². The topological polar surface area (TPSA) is 79.7 Å². The third kappa shape index (κ3) is 6.77. The highest BCUT2D eigenvalue weighted by molar-refractivity contribution is 7.99. The minimum Gasteiger partial charge on any atom is -0.497 e. The number of fused-ring (bicyclic) bond motifs is 1. The smallest absolute Gasteiger partial charge is 0.308 e. The van der Waals surface area contributed by atoms with Crippen LogP contribution in [0.2, 0.25) is 5.02 Å². The summed E-state index contributed by atoms with van der Waals surface area (Å²) in [6.07, 6.45) is 2.71. The number of ether oxygens (including phenoxy) is 1. The predicted molar refractivity (Wildman–Crippen MR) is 140 cm³/mol. The van der Waals surface area contributed by atoms with Gasteiger partial charge in [0.2, 0.25) is 0 Å². The summed E-state index contributed by atoms with van der Waals surface area (Å²) in [5.41, 5.74) is 1.00.